The van der Waals surface area contributed by atoms with Crippen LogP contribution in [0.5, 0.6) is 0 Å². The Kier molecular flexibility index (Phi) is 7.24. The van der Waals surface area contributed by atoms with Crippen molar-refractivity contribution in [3.8, 4) is 0 Å². The summed E-state index contributed by atoms with van der Waals surface area (Å²) in [5.41, 5.74) is 16.2. The summed E-state index contributed by atoms with van der Waals surface area (Å²) >= 11 is 0. The largest absolute Gasteiger partial charge is 0.324 e. The van der Waals surface area contributed by atoms with Gasteiger partial charge in [-0.3, -0.25) is 9.80 Å². The van der Waals surface area contributed by atoms with Crippen molar-refractivity contribution in [3.63, 3.8) is 0 Å². The third-order valence-electron chi connectivity index (χ3n) is 5.11. The molecule has 148 valence electrons. The van der Waals surface area contributed by atoms with Crippen LogP contribution in [-0.2, 0) is 0 Å². The van der Waals surface area contributed by atoms with Gasteiger partial charge in [0.15, 0.2) is 0 Å². The van der Waals surface area contributed by atoms with Gasteiger partial charge in [0.1, 0.15) is 19.6 Å². The predicted molar refractivity (Wildman–Crippen MR) is 105 cm³/mol. The number of hydrogen-bond acceptors (Lipinski definition) is 6. The van der Waals surface area contributed by atoms with E-state index in [1.54, 1.807) is 0 Å². The molecule has 0 aromatic carbocycles. The Bertz CT molecular complexity index is 385. The lowest BCUT2D eigenvalue weighted by Gasteiger charge is -2.47. The van der Waals surface area contributed by atoms with Gasteiger partial charge >= 0.3 is 0 Å². The normalized spacial score (nSPS) is 23.8. The van der Waals surface area contributed by atoms with E-state index in [4.69, 9.17) is 11.5 Å². The number of nitrogens with one attached hydrogen (secondary N) is 2. The summed E-state index contributed by atoms with van der Waals surface area (Å²) in [7, 11) is 0. The highest BCUT2D eigenvalue weighted by Gasteiger charge is 2.38. The Hall–Kier alpha value is -0.280. The number of rotatable bonds is 8. The summed E-state index contributed by atoms with van der Waals surface area (Å²) in [5, 5.41) is 3.42. The molecule has 2 aliphatic rings. The SMILES string of the molecule is CC(C)(N)CN1CC[N+](CC(C)(C)N)(NCCN2CCNCC2)CC1. The van der Waals surface area contributed by atoms with Gasteiger partial charge in [0.05, 0.1) is 12.1 Å². The molecule has 6 N–H and O–H groups in total. The molecule has 0 aromatic heterocycles. The van der Waals surface area contributed by atoms with Crippen molar-refractivity contribution >= 4 is 0 Å². The quantitative estimate of drug-likeness (QED) is 0.418. The lowest BCUT2D eigenvalue weighted by Crippen LogP contribution is -2.71. The first-order valence-electron chi connectivity index (χ1n) is 9.91. The molecule has 2 rings (SSSR count). The zero-order valence-electron chi connectivity index (χ0n) is 17.0. The predicted octanol–water partition coefficient (Wildman–Crippen LogP) is -0.997. The van der Waals surface area contributed by atoms with Crippen LogP contribution in [0.25, 0.3) is 0 Å². The van der Waals surface area contributed by atoms with E-state index in [-0.39, 0.29) is 11.1 Å². The molecule has 0 bridgehead atoms. The van der Waals surface area contributed by atoms with Crippen molar-refractivity contribution in [1.29, 1.82) is 0 Å². The van der Waals surface area contributed by atoms with Gasteiger partial charge < -0.3 is 16.8 Å². The summed E-state index contributed by atoms with van der Waals surface area (Å²) in [4.78, 5) is 5.04. The molecule has 0 spiro atoms. The number of nitrogens with two attached hydrogens (primary N) is 2. The van der Waals surface area contributed by atoms with Crippen LogP contribution in [0.3, 0.4) is 0 Å². The third kappa shape index (κ3) is 7.86. The van der Waals surface area contributed by atoms with Crippen LogP contribution >= 0.6 is 0 Å². The standard InChI is InChI=1S/C18H42N7/c1-17(2,19)15-24-11-13-25(14-12-24,16-18(3,4)20)22-7-10-23-8-5-21-6-9-23/h21-22H,5-16,19-20H2,1-4H3/q+1. The van der Waals surface area contributed by atoms with E-state index in [2.05, 4.69) is 48.2 Å². The molecule has 0 amide bonds. The molecule has 2 heterocycles. The Morgan fingerprint density at radius 3 is 2.04 bits per heavy atom. The van der Waals surface area contributed by atoms with Crippen molar-refractivity contribution in [2.24, 2.45) is 11.5 Å². The van der Waals surface area contributed by atoms with Crippen molar-refractivity contribution in [3.05, 3.63) is 0 Å². The smallest absolute Gasteiger partial charge is 0.114 e. The molecular weight excluding hydrogens is 314 g/mol. The lowest BCUT2D eigenvalue weighted by molar-refractivity contribution is -0.975. The number of piperazine rings is 2. The molecule has 0 radical (unpaired) electrons. The summed E-state index contributed by atoms with van der Waals surface area (Å²) < 4.78 is 0.928. The molecule has 7 heteroatoms. The van der Waals surface area contributed by atoms with E-state index in [1.807, 2.05) is 0 Å². The monoisotopic (exact) mass is 356 g/mol. The Morgan fingerprint density at radius 2 is 1.52 bits per heavy atom. The van der Waals surface area contributed by atoms with Gasteiger partial charge in [-0.2, -0.15) is 5.43 Å². The van der Waals surface area contributed by atoms with Crippen LogP contribution in [0.4, 0.5) is 0 Å². The molecule has 0 atom stereocenters. The highest BCUT2D eigenvalue weighted by molar-refractivity contribution is 4.80. The molecule has 2 aliphatic heterocycles. The van der Waals surface area contributed by atoms with Gasteiger partial charge in [0, 0.05) is 57.9 Å². The summed E-state index contributed by atoms with van der Waals surface area (Å²) in [6, 6.07) is 0. The van der Waals surface area contributed by atoms with Gasteiger partial charge in [-0.05, 0) is 27.7 Å². The molecule has 2 saturated heterocycles. The average Bonchev–Trinajstić information content (AvgIpc) is 2.48. The van der Waals surface area contributed by atoms with Crippen LogP contribution in [0, 0.1) is 0 Å². The second kappa shape index (κ2) is 8.61. The summed E-state index contributed by atoms with van der Waals surface area (Å²) in [6.07, 6.45) is 0. The van der Waals surface area contributed by atoms with E-state index in [0.717, 1.165) is 83.1 Å². The lowest BCUT2D eigenvalue weighted by atomic mass is 10.0. The van der Waals surface area contributed by atoms with Crippen LogP contribution in [0.1, 0.15) is 27.7 Å². The minimum Gasteiger partial charge on any atom is -0.324 e. The van der Waals surface area contributed by atoms with Crippen molar-refractivity contribution in [1.82, 2.24) is 20.5 Å². The highest BCUT2D eigenvalue weighted by Crippen LogP contribution is 2.16. The number of nitrogens with zero attached hydrogens (tertiary/aromatic N) is 3. The topological polar surface area (TPSA) is 82.6 Å². The second-order valence-electron chi connectivity index (χ2n) is 9.50. The van der Waals surface area contributed by atoms with E-state index >= 15 is 0 Å². The first-order valence-corrected chi connectivity index (χ1v) is 9.91. The van der Waals surface area contributed by atoms with Crippen molar-refractivity contribution < 1.29 is 4.59 Å². The maximum atomic E-state index is 6.39. The van der Waals surface area contributed by atoms with Gasteiger partial charge in [-0.15, -0.1) is 0 Å². The van der Waals surface area contributed by atoms with Crippen molar-refractivity contribution in [2.45, 2.75) is 38.8 Å². The fourth-order valence-corrected chi connectivity index (χ4v) is 4.16. The fourth-order valence-electron chi connectivity index (χ4n) is 4.16. The molecule has 0 saturated carbocycles. The molecule has 7 nitrogen and oxygen atoms in total. The molecule has 0 aromatic rings. The van der Waals surface area contributed by atoms with E-state index < -0.39 is 0 Å². The Labute approximate surface area is 154 Å². The maximum Gasteiger partial charge on any atom is 0.114 e. The summed E-state index contributed by atoms with van der Waals surface area (Å²) in [6.45, 7) is 21.5. The molecule has 25 heavy (non-hydrogen) atoms. The van der Waals surface area contributed by atoms with Gasteiger partial charge in [0.25, 0.3) is 0 Å². The first kappa shape index (κ1) is 21.0. The Balaban J connectivity index is 1.87. The fraction of sp³-hybridized carbons (Fsp3) is 1.00. The molecule has 2 fully saturated rings. The zero-order chi connectivity index (χ0) is 18.6. The van der Waals surface area contributed by atoms with Crippen molar-refractivity contribution in [2.75, 3.05) is 78.5 Å². The van der Waals surface area contributed by atoms with Crippen LogP contribution in [-0.4, -0.2) is 104 Å². The van der Waals surface area contributed by atoms with Gasteiger partial charge in [0.2, 0.25) is 0 Å². The number of quaternary nitrogens is 1. The summed E-state index contributed by atoms with van der Waals surface area (Å²) in [5.74, 6) is 0. The Morgan fingerprint density at radius 1 is 0.920 bits per heavy atom. The third-order valence-corrected chi connectivity index (χ3v) is 5.11. The minimum atomic E-state index is -0.169. The van der Waals surface area contributed by atoms with Gasteiger partial charge in [-0.25, -0.2) is 4.59 Å². The van der Waals surface area contributed by atoms with Crippen LogP contribution in [0.2, 0.25) is 0 Å². The van der Waals surface area contributed by atoms with E-state index in [0.29, 0.717) is 0 Å². The minimum absolute atomic E-state index is 0.129. The van der Waals surface area contributed by atoms with E-state index in [1.165, 1.54) is 0 Å². The second-order valence-corrected chi connectivity index (χ2v) is 9.50. The highest BCUT2D eigenvalue weighted by atomic mass is 15.7. The first-order chi connectivity index (χ1) is 11.6. The zero-order valence-corrected chi connectivity index (χ0v) is 17.0. The number of hydrogen-bond donors (Lipinski definition) is 4. The molecule has 0 aliphatic carbocycles. The van der Waals surface area contributed by atoms with Gasteiger partial charge in [-0.1, -0.05) is 0 Å². The maximum absolute atomic E-state index is 6.39. The van der Waals surface area contributed by atoms with E-state index in [9.17, 15) is 0 Å². The average molecular weight is 357 g/mol. The molecule has 0 unspecified atom stereocenters. The molecular formula is C18H42N7+. The van der Waals surface area contributed by atoms with Crippen LogP contribution < -0.4 is 22.2 Å². The van der Waals surface area contributed by atoms with Crippen LogP contribution in [0.15, 0.2) is 0 Å².